The second-order valence-electron chi connectivity index (χ2n) is 6.22. The molecule has 2 bridgehead atoms. The molecule has 4 aliphatic rings. The van der Waals surface area contributed by atoms with Crippen LogP contribution in [0, 0.1) is 5.92 Å². The first-order valence-electron chi connectivity index (χ1n) is 12.2. The maximum Gasteiger partial charge on any atom is 0.211 e. The Bertz CT molecular complexity index is 1060. The first-order valence-corrected chi connectivity index (χ1v) is 7.25. The predicted octanol–water partition coefficient (Wildman–Crippen LogP) is 1.50. The maximum atomic E-state index is 9.30. The molecule has 2 aliphatic carbocycles. The van der Waals surface area contributed by atoms with E-state index in [-0.39, 0.29) is 29.8 Å². The Balaban J connectivity index is 1.94. The summed E-state index contributed by atoms with van der Waals surface area (Å²) in [4.78, 5) is 1.56. The zero-order valence-electron chi connectivity index (χ0n) is 21.9. The average Bonchev–Trinajstić information content (AvgIpc) is 3.03. The van der Waals surface area contributed by atoms with Crippen molar-refractivity contribution in [2.75, 3.05) is 20.6 Å². The lowest BCUT2D eigenvalue weighted by molar-refractivity contribution is -0.0453. The van der Waals surface area contributed by atoms with Crippen molar-refractivity contribution in [2.45, 2.75) is 36.4 Å². The summed E-state index contributed by atoms with van der Waals surface area (Å²) in [5.74, 6) is -1.61. The van der Waals surface area contributed by atoms with E-state index in [0.29, 0.717) is 0 Å². The molecule has 0 radical (unpaired) electrons. The van der Waals surface area contributed by atoms with Gasteiger partial charge in [-0.05, 0) is 38.0 Å². The summed E-state index contributed by atoms with van der Waals surface area (Å²) in [6.07, 6.45) is -2.66. The summed E-state index contributed by atoms with van der Waals surface area (Å²) < 4.78 is 94.0. The largest absolute Gasteiger partial charge is 0.493 e. The van der Waals surface area contributed by atoms with E-state index in [1.165, 1.54) is 12.2 Å². The molecule has 0 amide bonds. The Morgan fingerprint density at radius 2 is 2.59 bits per heavy atom. The van der Waals surface area contributed by atoms with Crippen molar-refractivity contribution >= 4 is 0 Å². The van der Waals surface area contributed by atoms with E-state index in [4.69, 9.17) is 27.0 Å². The summed E-state index contributed by atoms with van der Waals surface area (Å²) >= 11 is 0. The molecule has 5 rings (SSSR count). The second-order valence-corrected chi connectivity index (χ2v) is 6.22. The third-order valence-electron chi connectivity index (χ3n) is 5.34. The van der Waals surface area contributed by atoms with Crippen molar-refractivity contribution < 1.29 is 26.9 Å². The minimum Gasteiger partial charge on any atom is -0.493 e. The number of piperidine rings is 1. The van der Waals surface area contributed by atoms with Crippen LogP contribution in [0.15, 0.2) is 24.2 Å². The molecule has 2 aliphatic heterocycles. The van der Waals surface area contributed by atoms with E-state index in [1.54, 1.807) is 11.9 Å². The fraction of sp³-hybridized carbons (Fsp3) is 0.556. The number of benzene rings is 1. The summed E-state index contributed by atoms with van der Waals surface area (Å²) in [5, 5.41) is 4.73. The highest BCUT2D eigenvalue weighted by Crippen LogP contribution is 2.62. The van der Waals surface area contributed by atoms with Gasteiger partial charge in [-0.1, -0.05) is 18.2 Å². The van der Waals surface area contributed by atoms with Crippen LogP contribution in [0.4, 0.5) is 0 Å². The molecule has 116 valence electrons. The standard InChI is InChI=1S/C18H21NO3/c1-19-8-7-18-11-4-5-13(20)17(18)22-16-14(21-2)6-3-10(15(16)18)9-12(11)19/h3-6,11-13,17,20H,7-9H2,1-2H3/t11-,12+,13?,17?,18-/m0/s1/i2D3,3D,6D,9D2,12D,13D,20D. The normalized spacial score (nSPS) is 57.1. The van der Waals surface area contributed by atoms with Gasteiger partial charge in [-0.25, -0.2) is 0 Å². The Kier molecular flexibility index (Phi) is 1.21. The molecule has 1 aromatic rings. The predicted molar refractivity (Wildman–Crippen MR) is 82.5 cm³/mol. The molecule has 1 fully saturated rings. The van der Waals surface area contributed by atoms with Crippen LogP contribution in [-0.4, -0.2) is 50.3 Å². The molecule has 1 saturated heterocycles. The van der Waals surface area contributed by atoms with Crippen LogP contribution in [0.25, 0.3) is 0 Å². The highest BCUT2D eigenvalue weighted by Gasteiger charge is 2.64. The van der Waals surface area contributed by atoms with Crippen LogP contribution >= 0.6 is 0 Å². The van der Waals surface area contributed by atoms with Crippen LogP contribution in [0.3, 0.4) is 0 Å². The van der Waals surface area contributed by atoms with Gasteiger partial charge in [0.1, 0.15) is 12.2 Å². The van der Waals surface area contributed by atoms with Crippen molar-refractivity contribution in [3.63, 3.8) is 0 Å². The number of hydrogen-bond donors (Lipinski definition) is 1. The Morgan fingerprint density at radius 3 is 3.45 bits per heavy atom. The molecular formula is C18H21NO3. The molecule has 2 unspecified atom stereocenters. The van der Waals surface area contributed by atoms with E-state index < -0.39 is 60.8 Å². The molecule has 22 heavy (non-hydrogen) atoms. The lowest BCUT2D eigenvalue weighted by Crippen LogP contribution is -2.64. The second kappa shape index (κ2) is 4.06. The lowest BCUT2D eigenvalue weighted by Gasteiger charge is -2.56. The van der Waals surface area contributed by atoms with Crippen LogP contribution in [0.5, 0.6) is 11.5 Å². The Hall–Kier alpha value is -1.52. The molecule has 2 heterocycles. The Labute approximate surface area is 144 Å². The lowest BCUT2D eigenvalue weighted by atomic mass is 9.53. The van der Waals surface area contributed by atoms with Gasteiger partial charge >= 0.3 is 0 Å². The van der Waals surface area contributed by atoms with Gasteiger partial charge in [0.2, 0.25) is 1.43 Å². The zero-order valence-corrected chi connectivity index (χ0v) is 11.9. The smallest absolute Gasteiger partial charge is 0.211 e. The minimum atomic E-state index is -2.97. The van der Waals surface area contributed by atoms with Gasteiger partial charge in [-0.15, -0.1) is 0 Å². The number of likely N-dealkylation sites (N-methyl/N-ethyl adjacent to an activating group) is 1. The highest BCUT2D eigenvalue weighted by molar-refractivity contribution is 5.62. The zero-order chi connectivity index (χ0) is 23.6. The molecule has 0 aromatic heterocycles. The first kappa shape index (κ1) is 6.54. The third kappa shape index (κ3) is 1.28. The molecule has 1 N–H and O–H groups in total. The van der Waals surface area contributed by atoms with E-state index >= 15 is 0 Å². The van der Waals surface area contributed by atoms with Crippen LogP contribution in [0.1, 0.15) is 29.9 Å². The summed E-state index contributed by atoms with van der Waals surface area (Å²) in [6.45, 7) is 0.256. The maximum absolute atomic E-state index is 9.30. The molecule has 4 heteroatoms. The van der Waals surface area contributed by atoms with E-state index in [0.717, 1.165) is 0 Å². The fourth-order valence-electron chi connectivity index (χ4n) is 4.38. The monoisotopic (exact) mass is 309 g/mol. The first-order chi connectivity index (χ1) is 14.7. The van der Waals surface area contributed by atoms with Gasteiger partial charge in [0, 0.05) is 27.0 Å². The summed E-state index contributed by atoms with van der Waals surface area (Å²) in [5.41, 5.74) is -1.33. The molecule has 4 nitrogen and oxygen atoms in total. The van der Waals surface area contributed by atoms with Crippen LogP contribution in [0.2, 0.25) is 0 Å². The average molecular weight is 309 g/mol. The molecule has 1 aromatic carbocycles. The fourth-order valence-corrected chi connectivity index (χ4v) is 4.38. The Morgan fingerprint density at radius 1 is 1.64 bits per heavy atom. The van der Waals surface area contributed by atoms with E-state index in [2.05, 4.69) is 0 Å². The number of rotatable bonds is 2. The molecular weight excluding hydrogens is 278 g/mol. The number of ether oxygens (including phenoxy) is 2. The SMILES string of the molecule is [2H]OC1([2H])C=C[C@@H]2[C@@]34CCN(C)[C@]2([2H])C([2H])([2H])c2c([2H])c([2H])c(OC([2H])([2H])[2H])c(c23)OC14. The van der Waals surface area contributed by atoms with Crippen molar-refractivity contribution in [1.82, 2.24) is 4.90 Å². The highest BCUT2D eigenvalue weighted by atomic mass is 16.5. The topological polar surface area (TPSA) is 41.9 Å². The molecule has 1 spiro atoms. The van der Waals surface area contributed by atoms with Gasteiger partial charge < -0.3 is 19.5 Å². The van der Waals surface area contributed by atoms with Crippen molar-refractivity contribution in [2.24, 2.45) is 5.92 Å². The van der Waals surface area contributed by atoms with E-state index in [9.17, 15) is 1.37 Å². The van der Waals surface area contributed by atoms with Crippen molar-refractivity contribution in [3.8, 4) is 11.5 Å². The summed E-state index contributed by atoms with van der Waals surface area (Å²) in [7, 11) is -1.35. The number of methoxy groups -OCH3 is 1. The van der Waals surface area contributed by atoms with Gasteiger partial charge in [0.15, 0.2) is 11.5 Å². The summed E-state index contributed by atoms with van der Waals surface area (Å²) in [6, 6.07) is -3.17. The van der Waals surface area contributed by atoms with Crippen LogP contribution in [-0.2, 0) is 11.8 Å². The van der Waals surface area contributed by atoms with Gasteiger partial charge in [-0.3, -0.25) is 0 Å². The van der Waals surface area contributed by atoms with Gasteiger partial charge in [0.05, 0.1) is 15.3 Å². The van der Waals surface area contributed by atoms with Gasteiger partial charge in [0.25, 0.3) is 0 Å². The number of hydrogen-bond acceptors (Lipinski definition) is 4. The third-order valence-corrected chi connectivity index (χ3v) is 5.34. The number of aliphatic hydroxyl groups is 1. The van der Waals surface area contributed by atoms with Crippen molar-refractivity contribution in [1.29, 1.82) is 1.43 Å². The number of nitrogens with zero attached hydrogens (tertiary/aromatic N) is 1. The molecule has 0 saturated carbocycles. The number of likely N-dealkylation sites (tertiary alicyclic amines) is 1. The van der Waals surface area contributed by atoms with Crippen molar-refractivity contribution in [3.05, 3.63) is 35.4 Å². The van der Waals surface area contributed by atoms with E-state index in [1.807, 2.05) is 0 Å². The van der Waals surface area contributed by atoms with Gasteiger partial charge in [-0.2, -0.15) is 0 Å². The minimum absolute atomic E-state index is 0.145. The quantitative estimate of drug-likeness (QED) is 0.841. The molecule has 5 atom stereocenters. The van der Waals surface area contributed by atoms with Crippen LogP contribution < -0.4 is 9.47 Å².